The van der Waals surface area contributed by atoms with Crippen LogP contribution in [0.25, 0.3) is 10.9 Å². The lowest BCUT2D eigenvalue weighted by molar-refractivity contribution is -0.137. The summed E-state index contributed by atoms with van der Waals surface area (Å²) in [5.74, 6) is 0.230. The average molecular weight is 280 g/mol. The van der Waals surface area contributed by atoms with Gasteiger partial charge in [0.1, 0.15) is 5.52 Å². The lowest BCUT2D eigenvalue weighted by Gasteiger charge is -2.09. The molecule has 2 aromatic rings. The van der Waals surface area contributed by atoms with Gasteiger partial charge < -0.3 is 4.74 Å². The van der Waals surface area contributed by atoms with E-state index in [-0.39, 0.29) is 17.4 Å². The van der Waals surface area contributed by atoms with E-state index in [1.54, 1.807) is 0 Å². The highest BCUT2D eigenvalue weighted by molar-refractivity contribution is 6.31. The van der Waals surface area contributed by atoms with Gasteiger partial charge in [-0.15, -0.1) is 0 Å². The molecular weight excluding hydrogens is 271 g/mol. The molecule has 0 radical (unpaired) electrons. The van der Waals surface area contributed by atoms with E-state index in [1.165, 1.54) is 24.2 Å². The van der Waals surface area contributed by atoms with Gasteiger partial charge in [0.25, 0.3) is 0 Å². The number of halogens is 4. The Morgan fingerprint density at radius 3 is 2.72 bits per heavy atom. The highest BCUT2D eigenvalue weighted by Gasteiger charge is 2.27. The molecule has 0 aliphatic heterocycles. The van der Waals surface area contributed by atoms with Crippen LogP contribution in [0.1, 0.15) is 6.42 Å². The highest BCUT2D eigenvalue weighted by atomic mass is 35.5. The second kappa shape index (κ2) is 4.64. The predicted octanol–water partition coefficient (Wildman–Crippen LogP) is 3.05. The van der Waals surface area contributed by atoms with Crippen molar-refractivity contribution >= 4 is 22.5 Å². The molecule has 0 N–H and O–H groups in total. The zero-order valence-corrected chi connectivity index (χ0v) is 10.1. The van der Waals surface area contributed by atoms with Crippen molar-refractivity contribution in [2.24, 2.45) is 0 Å². The standard InChI is InChI=1S/C10H9ClF3N3O/c1-18-8-7-6(4-15-9(8)11)5-16-17(7)3-2-10(12,13)14/h4-5H,2-3H2,1H3. The van der Waals surface area contributed by atoms with Crippen LogP contribution in [0.3, 0.4) is 0 Å². The van der Waals surface area contributed by atoms with E-state index in [4.69, 9.17) is 16.3 Å². The number of alkyl halides is 3. The number of rotatable bonds is 3. The zero-order valence-electron chi connectivity index (χ0n) is 9.33. The fourth-order valence-corrected chi connectivity index (χ4v) is 1.82. The second-order valence-electron chi connectivity index (χ2n) is 3.62. The van der Waals surface area contributed by atoms with Gasteiger partial charge in [-0.25, -0.2) is 4.98 Å². The molecule has 2 rings (SSSR count). The molecule has 0 aromatic carbocycles. The monoisotopic (exact) mass is 279 g/mol. The first-order valence-electron chi connectivity index (χ1n) is 5.03. The van der Waals surface area contributed by atoms with Crippen LogP contribution < -0.4 is 4.74 Å². The lowest BCUT2D eigenvalue weighted by atomic mass is 10.3. The Labute approximate surface area is 105 Å². The van der Waals surface area contributed by atoms with Crippen LogP contribution in [-0.2, 0) is 6.54 Å². The molecule has 0 unspecified atom stereocenters. The molecule has 18 heavy (non-hydrogen) atoms. The highest BCUT2D eigenvalue weighted by Crippen LogP contribution is 2.31. The maximum atomic E-state index is 12.2. The molecule has 0 saturated heterocycles. The van der Waals surface area contributed by atoms with E-state index < -0.39 is 12.6 Å². The summed E-state index contributed by atoms with van der Waals surface area (Å²) in [5, 5.41) is 4.56. The molecule has 0 amide bonds. The van der Waals surface area contributed by atoms with Crippen molar-refractivity contribution < 1.29 is 17.9 Å². The number of nitrogens with zero attached hydrogens (tertiary/aromatic N) is 3. The summed E-state index contributed by atoms with van der Waals surface area (Å²) in [7, 11) is 1.38. The number of ether oxygens (including phenoxy) is 1. The summed E-state index contributed by atoms with van der Waals surface area (Å²) in [6.07, 6.45) is -2.33. The molecule has 8 heteroatoms. The molecule has 0 aliphatic carbocycles. The van der Waals surface area contributed by atoms with E-state index in [2.05, 4.69) is 10.1 Å². The van der Waals surface area contributed by atoms with Gasteiger partial charge in [0.15, 0.2) is 10.9 Å². The van der Waals surface area contributed by atoms with Crippen LogP contribution in [0, 0.1) is 0 Å². The summed E-state index contributed by atoms with van der Waals surface area (Å²) in [4.78, 5) is 3.87. The number of hydrogen-bond donors (Lipinski definition) is 0. The first-order valence-corrected chi connectivity index (χ1v) is 5.41. The van der Waals surface area contributed by atoms with Crippen molar-refractivity contribution in [2.45, 2.75) is 19.1 Å². The largest absolute Gasteiger partial charge is 0.491 e. The van der Waals surface area contributed by atoms with E-state index in [9.17, 15) is 13.2 Å². The maximum absolute atomic E-state index is 12.2. The molecule has 2 heterocycles. The average Bonchev–Trinajstić information content (AvgIpc) is 2.69. The molecule has 0 saturated carbocycles. The lowest BCUT2D eigenvalue weighted by Crippen LogP contribution is -2.13. The number of pyridine rings is 1. The number of aromatic nitrogens is 3. The number of aryl methyl sites for hydroxylation is 1. The van der Waals surface area contributed by atoms with Gasteiger partial charge in [0, 0.05) is 11.6 Å². The normalized spacial score (nSPS) is 12.1. The summed E-state index contributed by atoms with van der Waals surface area (Å²) in [6.45, 7) is -0.288. The van der Waals surface area contributed by atoms with E-state index in [1.807, 2.05) is 0 Å². The zero-order chi connectivity index (χ0) is 13.3. The SMILES string of the molecule is COc1c(Cl)ncc2cnn(CCC(F)(F)F)c12. The van der Waals surface area contributed by atoms with Crippen molar-refractivity contribution in [3.63, 3.8) is 0 Å². The Morgan fingerprint density at radius 2 is 2.11 bits per heavy atom. The summed E-state index contributed by atoms with van der Waals surface area (Å²) in [6, 6.07) is 0. The Kier molecular flexibility index (Phi) is 3.34. The van der Waals surface area contributed by atoms with Crippen molar-refractivity contribution in [1.29, 1.82) is 0 Å². The van der Waals surface area contributed by atoms with Crippen LogP contribution in [0.15, 0.2) is 12.4 Å². The Hall–Kier alpha value is -1.50. The number of hydrogen-bond acceptors (Lipinski definition) is 3. The van der Waals surface area contributed by atoms with Gasteiger partial charge in [0.2, 0.25) is 0 Å². The molecule has 0 bridgehead atoms. The maximum Gasteiger partial charge on any atom is 0.390 e. The quantitative estimate of drug-likeness (QED) is 0.811. The van der Waals surface area contributed by atoms with Gasteiger partial charge in [-0.3, -0.25) is 4.68 Å². The third-order valence-electron chi connectivity index (χ3n) is 2.40. The van der Waals surface area contributed by atoms with E-state index in [0.717, 1.165) is 0 Å². The topological polar surface area (TPSA) is 39.9 Å². The van der Waals surface area contributed by atoms with Gasteiger partial charge in [0.05, 0.1) is 26.3 Å². The van der Waals surface area contributed by atoms with Gasteiger partial charge in [-0.2, -0.15) is 18.3 Å². The summed E-state index contributed by atoms with van der Waals surface area (Å²) < 4.78 is 42.9. The third-order valence-corrected chi connectivity index (χ3v) is 2.67. The smallest absolute Gasteiger partial charge is 0.390 e. The molecule has 4 nitrogen and oxygen atoms in total. The van der Waals surface area contributed by atoms with Crippen molar-refractivity contribution in [2.75, 3.05) is 7.11 Å². The van der Waals surface area contributed by atoms with Crippen molar-refractivity contribution in [3.8, 4) is 5.75 Å². The number of methoxy groups -OCH3 is 1. The molecule has 2 aromatic heterocycles. The molecule has 98 valence electrons. The van der Waals surface area contributed by atoms with E-state index >= 15 is 0 Å². The molecule has 0 spiro atoms. The third kappa shape index (κ3) is 2.50. The van der Waals surface area contributed by atoms with E-state index in [0.29, 0.717) is 10.9 Å². The minimum atomic E-state index is -4.23. The van der Waals surface area contributed by atoms with Gasteiger partial charge in [-0.1, -0.05) is 11.6 Å². The summed E-state index contributed by atoms with van der Waals surface area (Å²) in [5.41, 5.74) is 0.418. The van der Waals surface area contributed by atoms with Gasteiger partial charge >= 0.3 is 6.18 Å². The fourth-order valence-electron chi connectivity index (χ4n) is 1.61. The van der Waals surface area contributed by atoms with Crippen molar-refractivity contribution in [3.05, 3.63) is 17.5 Å². The van der Waals surface area contributed by atoms with Crippen LogP contribution in [0.5, 0.6) is 5.75 Å². The second-order valence-corrected chi connectivity index (χ2v) is 3.98. The molecule has 0 fully saturated rings. The van der Waals surface area contributed by atoms with Crippen LogP contribution in [0.2, 0.25) is 5.15 Å². The Balaban J connectivity index is 2.42. The van der Waals surface area contributed by atoms with Crippen LogP contribution in [0.4, 0.5) is 13.2 Å². The predicted molar refractivity (Wildman–Crippen MR) is 59.8 cm³/mol. The first-order chi connectivity index (χ1) is 8.42. The van der Waals surface area contributed by atoms with Crippen molar-refractivity contribution in [1.82, 2.24) is 14.8 Å². The first kappa shape index (κ1) is 12.9. The Morgan fingerprint density at radius 1 is 1.39 bits per heavy atom. The minimum absolute atomic E-state index is 0.0961. The molecular formula is C10H9ClF3N3O. The minimum Gasteiger partial charge on any atom is -0.491 e. The molecule has 0 aliphatic rings. The summed E-state index contributed by atoms with van der Waals surface area (Å²) >= 11 is 5.82. The fraction of sp³-hybridized carbons (Fsp3) is 0.400. The number of fused-ring (bicyclic) bond motifs is 1. The van der Waals surface area contributed by atoms with Crippen LogP contribution in [-0.4, -0.2) is 28.1 Å². The van der Waals surface area contributed by atoms with Gasteiger partial charge in [-0.05, 0) is 0 Å². The van der Waals surface area contributed by atoms with Crippen LogP contribution >= 0.6 is 11.6 Å². The molecule has 0 atom stereocenters. The Bertz CT molecular complexity index is 567.